The van der Waals surface area contributed by atoms with Crippen LogP contribution in [0, 0.1) is 0 Å². The molecule has 1 aromatic rings. The van der Waals surface area contributed by atoms with Crippen molar-refractivity contribution in [3.05, 3.63) is 28.0 Å². The lowest BCUT2D eigenvalue weighted by Gasteiger charge is -2.17. The first-order chi connectivity index (χ1) is 10.1. The second-order valence-corrected chi connectivity index (χ2v) is 6.09. The van der Waals surface area contributed by atoms with E-state index in [4.69, 9.17) is 5.11 Å². The average molecular weight is 309 g/mol. The Labute approximate surface area is 129 Å². The van der Waals surface area contributed by atoms with Gasteiger partial charge in [0.25, 0.3) is 5.91 Å². The second kappa shape index (κ2) is 9.34. The molecule has 0 fully saturated rings. The minimum absolute atomic E-state index is 0.0653. The molecule has 2 N–H and O–H groups in total. The molecular weight excluding hydrogens is 286 g/mol. The Balaban J connectivity index is 2.63. The highest BCUT2D eigenvalue weighted by atomic mass is 32.1. The van der Waals surface area contributed by atoms with Crippen molar-refractivity contribution in [1.82, 2.24) is 5.32 Å². The maximum Gasteiger partial charge on any atom is 0.328 e. The van der Waals surface area contributed by atoms with Crippen molar-refractivity contribution in [3.8, 4) is 0 Å². The summed E-state index contributed by atoms with van der Waals surface area (Å²) in [6.45, 7) is 4.26. The highest BCUT2D eigenvalue weighted by Crippen LogP contribution is 2.18. The van der Waals surface area contributed by atoms with Crippen LogP contribution in [0.3, 0.4) is 0 Å². The molecule has 5 heteroatoms. The summed E-state index contributed by atoms with van der Waals surface area (Å²) in [6, 6.07) is 3.73. The van der Waals surface area contributed by atoms with E-state index in [1.54, 1.807) is 12.1 Å². The Morgan fingerprint density at radius 2 is 2.05 bits per heavy atom. The van der Waals surface area contributed by atoms with Gasteiger partial charge in [-0.1, -0.05) is 33.1 Å². The molecule has 1 unspecified atom stereocenters. The zero-order valence-electron chi connectivity index (χ0n) is 12.6. The van der Waals surface area contributed by atoms with Crippen LogP contribution in [0.1, 0.15) is 60.5 Å². The van der Waals surface area contributed by atoms with E-state index in [0.29, 0.717) is 4.88 Å². The van der Waals surface area contributed by atoms with Gasteiger partial charge in [-0.2, -0.15) is 0 Å². The largest absolute Gasteiger partial charge is 0.478 e. The topological polar surface area (TPSA) is 66.4 Å². The maximum absolute atomic E-state index is 12.2. The van der Waals surface area contributed by atoms with E-state index in [0.717, 1.165) is 43.1 Å². The van der Waals surface area contributed by atoms with Gasteiger partial charge in [0.1, 0.15) is 0 Å². The fourth-order valence-corrected chi connectivity index (χ4v) is 2.88. The SMILES string of the molecule is CCCCC(CCC)NC(=O)c1ccc(/C=C/C(=O)O)s1. The van der Waals surface area contributed by atoms with Gasteiger partial charge in [0.2, 0.25) is 0 Å². The van der Waals surface area contributed by atoms with E-state index in [1.165, 1.54) is 17.4 Å². The Morgan fingerprint density at radius 1 is 1.29 bits per heavy atom. The van der Waals surface area contributed by atoms with Gasteiger partial charge >= 0.3 is 5.97 Å². The quantitative estimate of drug-likeness (QED) is 0.679. The highest BCUT2D eigenvalue weighted by molar-refractivity contribution is 7.14. The van der Waals surface area contributed by atoms with E-state index in [2.05, 4.69) is 19.2 Å². The molecule has 0 aromatic carbocycles. The van der Waals surface area contributed by atoms with Crippen molar-refractivity contribution in [2.75, 3.05) is 0 Å². The van der Waals surface area contributed by atoms with Gasteiger partial charge in [-0.3, -0.25) is 4.79 Å². The number of hydrogen-bond donors (Lipinski definition) is 2. The minimum Gasteiger partial charge on any atom is -0.478 e. The fraction of sp³-hybridized carbons (Fsp3) is 0.500. The lowest BCUT2D eigenvalue weighted by Crippen LogP contribution is -2.34. The third-order valence-corrected chi connectivity index (χ3v) is 4.17. The van der Waals surface area contributed by atoms with Crippen LogP contribution in [0.15, 0.2) is 18.2 Å². The van der Waals surface area contributed by atoms with Crippen LogP contribution >= 0.6 is 11.3 Å². The van der Waals surface area contributed by atoms with Crippen LogP contribution < -0.4 is 5.32 Å². The smallest absolute Gasteiger partial charge is 0.328 e. The molecule has 1 heterocycles. The van der Waals surface area contributed by atoms with Crippen LogP contribution in [0.2, 0.25) is 0 Å². The first kappa shape index (κ1) is 17.4. The zero-order chi connectivity index (χ0) is 15.7. The lowest BCUT2D eigenvalue weighted by atomic mass is 10.1. The van der Waals surface area contributed by atoms with Crippen molar-refractivity contribution < 1.29 is 14.7 Å². The van der Waals surface area contributed by atoms with Crippen LogP contribution in [-0.2, 0) is 4.79 Å². The third-order valence-electron chi connectivity index (χ3n) is 3.12. The number of rotatable bonds is 9. The number of hydrogen-bond acceptors (Lipinski definition) is 3. The van der Waals surface area contributed by atoms with E-state index in [-0.39, 0.29) is 11.9 Å². The number of carboxylic acids is 1. The molecule has 0 aliphatic rings. The Kier molecular flexibility index (Phi) is 7.75. The lowest BCUT2D eigenvalue weighted by molar-refractivity contribution is -0.131. The molecule has 1 aromatic heterocycles. The predicted octanol–water partition coefficient (Wildman–Crippen LogP) is 3.93. The van der Waals surface area contributed by atoms with Gasteiger partial charge in [-0.15, -0.1) is 11.3 Å². The summed E-state index contributed by atoms with van der Waals surface area (Å²) >= 11 is 1.30. The van der Waals surface area contributed by atoms with Crippen LogP contribution in [0.4, 0.5) is 0 Å². The summed E-state index contributed by atoms with van der Waals surface area (Å²) < 4.78 is 0. The average Bonchev–Trinajstić information content (AvgIpc) is 2.91. The maximum atomic E-state index is 12.2. The number of carbonyl (C=O) groups excluding carboxylic acids is 1. The molecule has 0 aliphatic carbocycles. The molecular formula is C16H23NO3S. The zero-order valence-corrected chi connectivity index (χ0v) is 13.4. The first-order valence-corrected chi connectivity index (χ1v) is 8.20. The van der Waals surface area contributed by atoms with Gasteiger partial charge in [-0.05, 0) is 31.1 Å². The van der Waals surface area contributed by atoms with E-state index < -0.39 is 5.97 Å². The van der Waals surface area contributed by atoms with Crippen LogP contribution in [0.25, 0.3) is 6.08 Å². The summed E-state index contributed by atoms with van der Waals surface area (Å²) in [7, 11) is 0. The normalized spacial score (nSPS) is 12.5. The number of aliphatic carboxylic acids is 1. The molecule has 0 radical (unpaired) electrons. The number of carbonyl (C=O) groups is 2. The minimum atomic E-state index is -0.989. The van der Waals surface area contributed by atoms with Gasteiger partial charge in [0.05, 0.1) is 4.88 Å². The Morgan fingerprint density at radius 3 is 2.67 bits per heavy atom. The van der Waals surface area contributed by atoms with Gasteiger partial charge in [0, 0.05) is 17.0 Å². The van der Waals surface area contributed by atoms with Gasteiger partial charge in [0.15, 0.2) is 0 Å². The van der Waals surface area contributed by atoms with Crippen LogP contribution in [0.5, 0.6) is 0 Å². The highest BCUT2D eigenvalue weighted by Gasteiger charge is 2.14. The van der Waals surface area contributed by atoms with E-state index in [9.17, 15) is 9.59 Å². The molecule has 4 nitrogen and oxygen atoms in total. The third kappa shape index (κ3) is 6.58. The molecule has 1 amide bonds. The van der Waals surface area contributed by atoms with Crippen molar-refractivity contribution in [2.45, 2.75) is 52.0 Å². The van der Waals surface area contributed by atoms with Crippen molar-refractivity contribution >= 4 is 29.3 Å². The molecule has 21 heavy (non-hydrogen) atoms. The van der Waals surface area contributed by atoms with Gasteiger partial charge < -0.3 is 10.4 Å². The molecule has 0 saturated heterocycles. The molecule has 0 saturated carbocycles. The first-order valence-electron chi connectivity index (χ1n) is 7.38. The molecule has 0 bridgehead atoms. The molecule has 1 atom stereocenters. The molecule has 0 spiro atoms. The number of nitrogens with one attached hydrogen (secondary N) is 1. The monoisotopic (exact) mass is 309 g/mol. The standard InChI is InChI=1S/C16H23NO3S/c1-3-5-7-12(6-4-2)17-16(20)14-10-8-13(21-14)9-11-15(18)19/h8-12H,3-7H2,1-2H3,(H,17,20)(H,18,19)/b11-9+. The number of amides is 1. The Hall–Kier alpha value is -1.62. The molecule has 0 aliphatic heterocycles. The summed E-state index contributed by atoms with van der Waals surface area (Å²) in [4.78, 5) is 24.1. The Bertz CT molecular complexity index is 493. The summed E-state index contributed by atoms with van der Waals surface area (Å²) in [6.07, 6.45) is 7.86. The molecule has 116 valence electrons. The van der Waals surface area contributed by atoms with Crippen molar-refractivity contribution in [1.29, 1.82) is 0 Å². The fourth-order valence-electron chi connectivity index (χ4n) is 2.06. The second-order valence-electron chi connectivity index (χ2n) is 4.97. The summed E-state index contributed by atoms with van der Waals surface area (Å²) in [5.41, 5.74) is 0. The number of carboxylic acid groups (broad SMARTS) is 1. The van der Waals surface area contributed by atoms with E-state index in [1.807, 2.05) is 0 Å². The van der Waals surface area contributed by atoms with Crippen molar-refractivity contribution in [3.63, 3.8) is 0 Å². The van der Waals surface area contributed by atoms with Gasteiger partial charge in [-0.25, -0.2) is 4.79 Å². The van der Waals surface area contributed by atoms with Crippen molar-refractivity contribution in [2.24, 2.45) is 0 Å². The number of unbranched alkanes of at least 4 members (excludes halogenated alkanes) is 1. The predicted molar refractivity (Wildman–Crippen MR) is 86.7 cm³/mol. The number of thiophene rings is 1. The summed E-state index contributed by atoms with van der Waals surface area (Å²) in [5, 5.41) is 11.7. The van der Waals surface area contributed by atoms with E-state index >= 15 is 0 Å². The van der Waals surface area contributed by atoms with Crippen LogP contribution in [-0.4, -0.2) is 23.0 Å². The molecule has 1 rings (SSSR count). The summed E-state index contributed by atoms with van der Waals surface area (Å²) in [5.74, 6) is -1.05.